The van der Waals surface area contributed by atoms with Crippen LogP contribution in [0, 0.1) is 11.5 Å². The molecule has 1 aliphatic carbocycles. The van der Waals surface area contributed by atoms with Crippen molar-refractivity contribution in [1.82, 2.24) is 0 Å². The molecule has 0 aromatic rings. The third-order valence-electron chi connectivity index (χ3n) is 1.89. The highest BCUT2D eigenvalue weighted by atomic mass is 28.3. The topological polar surface area (TPSA) is 0 Å². The van der Waals surface area contributed by atoms with Crippen LogP contribution >= 0.6 is 0 Å². The largest absolute Gasteiger partial charge is 0.129 e. The molecule has 0 atom stereocenters. The standard InChI is InChI=1S/C11H18Si/c1-12(2,3)10-9-11-7-5-4-6-8-11/h7H,4-6,8H2,1-3H3. The Labute approximate surface area is 77.1 Å². The molecule has 1 aliphatic rings. The lowest BCUT2D eigenvalue weighted by molar-refractivity contribution is 0.715. The van der Waals surface area contributed by atoms with Crippen molar-refractivity contribution in [1.29, 1.82) is 0 Å². The van der Waals surface area contributed by atoms with Crippen LogP contribution in [-0.2, 0) is 0 Å². The molecule has 0 unspecified atom stereocenters. The van der Waals surface area contributed by atoms with Crippen molar-refractivity contribution in [2.24, 2.45) is 0 Å². The van der Waals surface area contributed by atoms with E-state index in [9.17, 15) is 0 Å². The van der Waals surface area contributed by atoms with E-state index in [2.05, 4.69) is 37.2 Å². The summed E-state index contributed by atoms with van der Waals surface area (Å²) in [6, 6.07) is 0. The molecule has 0 spiro atoms. The molecule has 0 aromatic heterocycles. The average molecular weight is 178 g/mol. The summed E-state index contributed by atoms with van der Waals surface area (Å²) in [7, 11) is -1.14. The second kappa shape index (κ2) is 3.96. The summed E-state index contributed by atoms with van der Waals surface area (Å²) in [6.07, 6.45) is 7.48. The molecule has 0 fully saturated rings. The fourth-order valence-corrected chi connectivity index (χ4v) is 1.76. The van der Waals surface area contributed by atoms with E-state index in [0.29, 0.717) is 0 Å². The maximum Gasteiger partial charge on any atom is 0.129 e. The van der Waals surface area contributed by atoms with Gasteiger partial charge in [-0.1, -0.05) is 31.6 Å². The molecule has 0 aromatic carbocycles. The van der Waals surface area contributed by atoms with Crippen LogP contribution in [0.4, 0.5) is 0 Å². The zero-order valence-corrected chi connectivity index (χ0v) is 9.41. The van der Waals surface area contributed by atoms with Gasteiger partial charge in [0.25, 0.3) is 0 Å². The van der Waals surface area contributed by atoms with Crippen LogP contribution in [0.25, 0.3) is 0 Å². The first kappa shape index (κ1) is 9.60. The van der Waals surface area contributed by atoms with Gasteiger partial charge in [0.05, 0.1) is 0 Å². The summed E-state index contributed by atoms with van der Waals surface area (Å²) in [5.41, 5.74) is 4.80. The summed E-state index contributed by atoms with van der Waals surface area (Å²) in [4.78, 5) is 0. The Morgan fingerprint density at radius 2 is 2.00 bits per heavy atom. The quantitative estimate of drug-likeness (QED) is 0.394. The van der Waals surface area contributed by atoms with Gasteiger partial charge in [-0.2, -0.15) is 0 Å². The minimum absolute atomic E-state index is 1.14. The van der Waals surface area contributed by atoms with Gasteiger partial charge < -0.3 is 0 Å². The van der Waals surface area contributed by atoms with Gasteiger partial charge in [0.15, 0.2) is 0 Å². The van der Waals surface area contributed by atoms with E-state index >= 15 is 0 Å². The molecule has 0 aliphatic heterocycles. The third kappa shape index (κ3) is 3.78. The van der Waals surface area contributed by atoms with Gasteiger partial charge in [0.1, 0.15) is 8.07 Å². The first-order valence-corrected chi connectivity index (χ1v) is 8.30. The van der Waals surface area contributed by atoms with Crippen LogP contribution in [0.3, 0.4) is 0 Å². The normalized spacial score (nSPS) is 17.8. The van der Waals surface area contributed by atoms with Crippen molar-refractivity contribution in [2.75, 3.05) is 0 Å². The van der Waals surface area contributed by atoms with Gasteiger partial charge in [-0.3, -0.25) is 0 Å². The maximum atomic E-state index is 3.41. The minimum Gasteiger partial charge on any atom is -0.127 e. The molecule has 1 rings (SSSR count). The van der Waals surface area contributed by atoms with E-state index < -0.39 is 8.07 Å². The predicted molar refractivity (Wildman–Crippen MR) is 57.7 cm³/mol. The highest BCUT2D eigenvalue weighted by molar-refractivity contribution is 6.83. The lowest BCUT2D eigenvalue weighted by Crippen LogP contribution is -2.16. The molecular weight excluding hydrogens is 160 g/mol. The number of hydrogen-bond acceptors (Lipinski definition) is 0. The van der Waals surface area contributed by atoms with Crippen molar-refractivity contribution in [3.8, 4) is 11.5 Å². The van der Waals surface area contributed by atoms with E-state index in [1.807, 2.05) is 0 Å². The maximum absolute atomic E-state index is 3.41. The van der Waals surface area contributed by atoms with Gasteiger partial charge >= 0.3 is 0 Å². The molecule has 66 valence electrons. The molecule has 0 nitrogen and oxygen atoms in total. The predicted octanol–water partition coefficient (Wildman–Crippen LogP) is 3.37. The van der Waals surface area contributed by atoms with Gasteiger partial charge in [0.2, 0.25) is 0 Å². The summed E-state index contributed by atoms with van der Waals surface area (Å²) in [5.74, 6) is 3.33. The number of allylic oxidation sites excluding steroid dienone is 2. The van der Waals surface area contributed by atoms with Gasteiger partial charge in [0, 0.05) is 0 Å². The molecule has 0 amide bonds. The molecular formula is C11H18Si. The first-order chi connectivity index (χ1) is 5.58. The van der Waals surface area contributed by atoms with Crippen LogP contribution in [-0.4, -0.2) is 8.07 Å². The monoisotopic (exact) mass is 178 g/mol. The molecule has 0 radical (unpaired) electrons. The summed E-state index contributed by atoms with van der Waals surface area (Å²) < 4.78 is 0. The Balaban J connectivity index is 2.58. The summed E-state index contributed by atoms with van der Waals surface area (Å²) in [5, 5.41) is 0. The molecule has 1 heteroatoms. The Morgan fingerprint density at radius 1 is 1.25 bits per heavy atom. The van der Waals surface area contributed by atoms with Crippen LogP contribution in [0.5, 0.6) is 0 Å². The lowest BCUT2D eigenvalue weighted by Gasteiger charge is -2.08. The Morgan fingerprint density at radius 3 is 2.50 bits per heavy atom. The SMILES string of the molecule is C[Si](C)(C)C#CC1=CCCCC1. The second-order valence-corrected chi connectivity index (χ2v) is 9.23. The molecule has 0 saturated heterocycles. The molecule has 0 N–H and O–H groups in total. The highest BCUT2D eigenvalue weighted by Gasteiger charge is 2.08. The first-order valence-electron chi connectivity index (χ1n) is 4.80. The Bertz CT molecular complexity index is 232. The molecule has 0 saturated carbocycles. The number of hydrogen-bond donors (Lipinski definition) is 0. The van der Waals surface area contributed by atoms with E-state index in [0.717, 1.165) is 0 Å². The van der Waals surface area contributed by atoms with Crippen molar-refractivity contribution in [3.63, 3.8) is 0 Å². The smallest absolute Gasteiger partial charge is 0.127 e. The van der Waals surface area contributed by atoms with Crippen molar-refractivity contribution < 1.29 is 0 Å². The fraction of sp³-hybridized carbons (Fsp3) is 0.636. The average Bonchev–Trinajstić information content (AvgIpc) is 2.02. The van der Waals surface area contributed by atoms with Gasteiger partial charge in [-0.15, -0.1) is 5.54 Å². The number of rotatable bonds is 0. The van der Waals surface area contributed by atoms with Gasteiger partial charge in [-0.25, -0.2) is 0 Å². The van der Waals surface area contributed by atoms with Crippen molar-refractivity contribution in [2.45, 2.75) is 45.3 Å². The van der Waals surface area contributed by atoms with Crippen molar-refractivity contribution in [3.05, 3.63) is 11.6 Å². The van der Waals surface area contributed by atoms with Crippen LogP contribution < -0.4 is 0 Å². The van der Waals surface area contributed by atoms with E-state index in [1.165, 1.54) is 31.3 Å². The van der Waals surface area contributed by atoms with E-state index in [-0.39, 0.29) is 0 Å². The summed E-state index contributed by atoms with van der Waals surface area (Å²) in [6.45, 7) is 6.89. The minimum atomic E-state index is -1.14. The second-order valence-electron chi connectivity index (χ2n) is 4.48. The van der Waals surface area contributed by atoms with Gasteiger partial charge in [-0.05, 0) is 31.3 Å². The molecule has 0 heterocycles. The molecule has 0 bridgehead atoms. The Hall–Kier alpha value is -0.483. The third-order valence-corrected chi connectivity index (χ3v) is 2.76. The van der Waals surface area contributed by atoms with E-state index in [4.69, 9.17) is 0 Å². The van der Waals surface area contributed by atoms with E-state index in [1.54, 1.807) is 0 Å². The van der Waals surface area contributed by atoms with Crippen LogP contribution in [0.15, 0.2) is 11.6 Å². The fourth-order valence-electron chi connectivity index (χ4n) is 1.22. The van der Waals surface area contributed by atoms with Crippen LogP contribution in [0.2, 0.25) is 19.6 Å². The zero-order chi connectivity index (χ0) is 9.03. The molecule has 12 heavy (non-hydrogen) atoms. The summed E-state index contributed by atoms with van der Waals surface area (Å²) >= 11 is 0. The van der Waals surface area contributed by atoms with Crippen molar-refractivity contribution >= 4 is 8.07 Å². The zero-order valence-electron chi connectivity index (χ0n) is 8.41. The van der Waals surface area contributed by atoms with Crippen LogP contribution in [0.1, 0.15) is 25.7 Å². The highest BCUT2D eigenvalue weighted by Crippen LogP contribution is 2.16. The Kier molecular flexibility index (Phi) is 3.17. The lowest BCUT2D eigenvalue weighted by atomic mass is 10.0.